The van der Waals surface area contributed by atoms with Gasteiger partial charge in [-0.1, -0.05) is 50.2 Å². The van der Waals surface area contributed by atoms with E-state index in [1.54, 1.807) is 14.2 Å². The molecule has 0 radical (unpaired) electrons. The fraction of sp³-hybridized carbons (Fsp3) is 0.435. The topological polar surface area (TPSA) is 50.8 Å². The van der Waals surface area contributed by atoms with Crippen LogP contribution in [0.1, 0.15) is 36.9 Å². The van der Waals surface area contributed by atoms with E-state index in [2.05, 4.69) is 19.2 Å². The Balaban J connectivity index is 2.17. The van der Waals surface area contributed by atoms with Gasteiger partial charge in [-0.15, -0.1) is 0 Å². The third kappa shape index (κ3) is 5.26. The first-order valence-corrected chi connectivity index (χ1v) is 9.60. The van der Waals surface area contributed by atoms with Crippen molar-refractivity contribution in [2.24, 2.45) is 5.92 Å². The molecule has 0 bridgehead atoms. The summed E-state index contributed by atoms with van der Waals surface area (Å²) in [5.74, 6) is 1.93. The van der Waals surface area contributed by atoms with Gasteiger partial charge in [-0.2, -0.15) is 0 Å². The molecule has 2 rings (SSSR count). The van der Waals surface area contributed by atoms with E-state index < -0.39 is 0 Å². The molecule has 152 valence electrons. The van der Waals surface area contributed by atoms with E-state index in [1.807, 2.05) is 67.5 Å². The Bertz CT molecular complexity index is 760. The van der Waals surface area contributed by atoms with Gasteiger partial charge in [0, 0.05) is 12.5 Å². The van der Waals surface area contributed by atoms with Crippen LogP contribution in [0, 0.1) is 5.92 Å². The first-order valence-electron chi connectivity index (χ1n) is 9.60. The summed E-state index contributed by atoms with van der Waals surface area (Å²) in [6.45, 7) is 4.88. The highest BCUT2D eigenvalue weighted by molar-refractivity contribution is 5.83. The fourth-order valence-corrected chi connectivity index (χ4v) is 3.45. The third-order valence-electron chi connectivity index (χ3n) is 5.02. The second-order valence-electron chi connectivity index (χ2n) is 7.49. The summed E-state index contributed by atoms with van der Waals surface area (Å²) in [6.07, 6.45) is 0. The summed E-state index contributed by atoms with van der Waals surface area (Å²) in [6, 6.07) is 15.5. The summed E-state index contributed by atoms with van der Waals surface area (Å²) in [5.41, 5.74) is 2.10. The molecule has 0 saturated carbocycles. The fourth-order valence-electron chi connectivity index (χ4n) is 3.45. The van der Waals surface area contributed by atoms with Crippen molar-refractivity contribution < 1.29 is 14.3 Å². The first kappa shape index (κ1) is 21.8. The second kappa shape index (κ2) is 10.1. The Kier molecular flexibility index (Phi) is 7.88. The van der Waals surface area contributed by atoms with Gasteiger partial charge in [-0.3, -0.25) is 9.69 Å². The summed E-state index contributed by atoms with van der Waals surface area (Å²) in [7, 11) is 7.11. The zero-order chi connectivity index (χ0) is 20.7. The van der Waals surface area contributed by atoms with E-state index in [1.165, 1.54) is 0 Å². The van der Waals surface area contributed by atoms with Gasteiger partial charge in [-0.05, 0) is 43.3 Å². The molecule has 0 heterocycles. The number of likely N-dealkylation sites (N-methyl/N-ethyl adjacent to an activating group) is 1. The Morgan fingerprint density at radius 2 is 1.61 bits per heavy atom. The monoisotopic (exact) mass is 384 g/mol. The van der Waals surface area contributed by atoms with Crippen molar-refractivity contribution in [1.82, 2.24) is 10.2 Å². The molecule has 2 aromatic carbocycles. The maximum atomic E-state index is 13.0. The predicted molar refractivity (Wildman–Crippen MR) is 113 cm³/mol. The summed E-state index contributed by atoms with van der Waals surface area (Å²) in [5, 5.41) is 3.16. The van der Waals surface area contributed by atoms with Gasteiger partial charge in [0.15, 0.2) is 11.5 Å². The first-order chi connectivity index (χ1) is 13.4. The Morgan fingerprint density at radius 3 is 2.14 bits per heavy atom. The van der Waals surface area contributed by atoms with Crippen molar-refractivity contribution in [2.45, 2.75) is 25.8 Å². The Hall–Kier alpha value is -2.53. The highest BCUT2D eigenvalue weighted by Gasteiger charge is 2.25. The number of carbonyl (C=O) groups is 1. The number of ether oxygens (including phenoxy) is 2. The normalized spacial score (nSPS) is 13.3. The van der Waals surface area contributed by atoms with E-state index >= 15 is 0 Å². The van der Waals surface area contributed by atoms with E-state index in [0.717, 1.165) is 11.1 Å². The Morgan fingerprint density at radius 1 is 0.964 bits per heavy atom. The second-order valence-corrected chi connectivity index (χ2v) is 7.49. The van der Waals surface area contributed by atoms with Crippen molar-refractivity contribution in [3.8, 4) is 11.5 Å². The minimum atomic E-state index is -0.320. The molecule has 0 spiro atoms. The molecule has 0 saturated heterocycles. The van der Waals surface area contributed by atoms with E-state index in [4.69, 9.17) is 9.47 Å². The maximum Gasteiger partial charge on any atom is 0.241 e. The molecule has 0 aliphatic carbocycles. The number of nitrogens with zero attached hydrogens (tertiary/aromatic N) is 1. The number of rotatable bonds is 9. The minimum Gasteiger partial charge on any atom is -0.493 e. The van der Waals surface area contributed by atoms with E-state index in [0.29, 0.717) is 24.0 Å². The number of nitrogens with one attached hydrogen (secondary N) is 1. The number of benzene rings is 2. The lowest BCUT2D eigenvalue weighted by Gasteiger charge is -2.27. The molecule has 0 aromatic heterocycles. The Labute approximate surface area is 168 Å². The molecule has 5 heteroatoms. The molecule has 0 aliphatic heterocycles. The molecule has 0 fully saturated rings. The molecule has 5 nitrogen and oxygen atoms in total. The third-order valence-corrected chi connectivity index (χ3v) is 5.02. The largest absolute Gasteiger partial charge is 0.493 e. The molecular formula is C23H32N2O3. The van der Waals surface area contributed by atoms with Crippen LogP contribution in [-0.4, -0.2) is 45.7 Å². The van der Waals surface area contributed by atoms with Crippen LogP contribution in [0.4, 0.5) is 0 Å². The lowest BCUT2D eigenvalue weighted by Crippen LogP contribution is -2.39. The molecule has 2 atom stereocenters. The number of hydrogen-bond acceptors (Lipinski definition) is 4. The SMILES string of the molecule is COc1ccc(C(CNC(=O)C(c2ccccc2)N(C)C)C(C)C)cc1OC. The average Bonchev–Trinajstić information content (AvgIpc) is 2.68. The van der Waals surface area contributed by atoms with Crippen molar-refractivity contribution in [3.63, 3.8) is 0 Å². The van der Waals surface area contributed by atoms with Crippen molar-refractivity contribution in [1.29, 1.82) is 0 Å². The quantitative estimate of drug-likeness (QED) is 0.713. The zero-order valence-electron chi connectivity index (χ0n) is 17.7. The van der Waals surface area contributed by atoms with E-state index in [-0.39, 0.29) is 17.9 Å². The van der Waals surface area contributed by atoms with Crippen LogP contribution < -0.4 is 14.8 Å². The minimum absolute atomic E-state index is 0.00215. The summed E-state index contributed by atoms with van der Waals surface area (Å²) >= 11 is 0. The van der Waals surface area contributed by atoms with Crippen LogP contribution in [0.15, 0.2) is 48.5 Å². The number of hydrogen-bond donors (Lipinski definition) is 1. The number of amides is 1. The van der Waals surface area contributed by atoms with Crippen molar-refractivity contribution in [2.75, 3.05) is 34.9 Å². The van der Waals surface area contributed by atoms with Gasteiger partial charge in [0.25, 0.3) is 0 Å². The smallest absolute Gasteiger partial charge is 0.241 e. The van der Waals surface area contributed by atoms with Crippen molar-refractivity contribution in [3.05, 3.63) is 59.7 Å². The molecule has 2 unspecified atom stereocenters. The van der Waals surface area contributed by atoms with Gasteiger partial charge in [0.2, 0.25) is 5.91 Å². The highest BCUT2D eigenvalue weighted by Crippen LogP contribution is 2.33. The standard InChI is InChI=1S/C23H32N2O3/c1-16(2)19(18-12-13-20(27-5)21(14-18)28-6)15-24-23(26)22(25(3)4)17-10-8-7-9-11-17/h7-14,16,19,22H,15H2,1-6H3,(H,24,26). The van der Waals surface area contributed by atoms with Gasteiger partial charge in [0.05, 0.1) is 14.2 Å². The summed E-state index contributed by atoms with van der Waals surface area (Å²) in [4.78, 5) is 14.9. The van der Waals surface area contributed by atoms with Gasteiger partial charge in [-0.25, -0.2) is 0 Å². The van der Waals surface area contributed by atoms with Gasteiger partial charge >= 0.3 is 0 Å². The van der Waals surface area contributed by atoms with Gasteiger partial charge in [0.1, 0.15) is 6.04 Å². The number of carbonyl (C=O) groups excluding carboxylic acids is 1. The number of methoxy groups -OCH3 is 2. The summed E-state index contributed by atoms with van der Waals surface area (Å²) < 4.78 is 10.8. The molecule has 1 N–H and O–H groups in total. The van der Waals surface area contributed by atoms with E-state index in [9.17, 15) is 4.79 Å². The lowest BCUT2D eigenvalue weighted by atomic mass is 9.88. The highest BCUT2D eigenvalue weighted by atomic mass is 16.5. The van der Waals surface area contributed by atoms with Crippen LogP contribution in [0.25, 0.3) is 0 Å². The van der Waals surface area contributed by atoms with Crippen LogP contribution in [0.2, 0.25) is 0 Å². The van der Waals surface area contributed by atoms with Crippen LogP contribution >= 0.6 is 0 Å². The average molecular weight is 385 g/mol. The van der Waals surface area contributed by atoms with Crippen LogP contribution in [0.5, 0.6) is 11.5 Å². The van der Waals surface area contributed by atoms with Crippen LogP contribution in [-0.2, 0) is 4.79 Å². The molecule has 1 amide bonds. The predicted octanol–water partition coefficient (Wildman–Crippen LogP) is 3.86. The zero-order valence-corrected chi connectivity index (χ0v) is 17.7. The molecule has 2 aromatic rings. The van der Waals surface area contributed by atoms with Crippen molar-refractivity contribution >= 4 is 5.91 Å². The van der Waals surface area contributed by atoms with Gasteiger partial charge < -0.3 is 14.8 Å². The molecule has 0 aliphatic rings. The lowest BCUT2D eigenvalue weighted by molar-refractivity contribution is -0.125. The van der Waals surface area contributed by atoms with Crippen LogP contribution in [0.3, 0.4) is 0 Å². The molecule has 28 heavy (non-hydrogen) atoms. The maximum absolute atomic E-state index is 13.0. The molecular weight excluding hydrogens is 352 g/mol.